The minimum absolute atomic E-state index is 0.0182. The molecule has 0 aliphatic rings. The maximum atomic E-state index is 12.2. The number of nitro groups is 1. The van der Waals surface area contributed by atoms with Crippen molar-refractivity contribution in [2.24, 2.45) is 0 Å². The monoisotopic (exact) mass is 398 g/mol. The maximum absolute atomic E-state index is 12.2. The number of ether oxygens (including phenoxy) is 1. The molecule has 1 N–H and O–H groups in total. The molecule has 0 radical (unpaired) electrons. The number of ketones is 1. The fraction of sp³-hybridized carbons (Fsp3) is 0.286. The Hall–Kier alpha value is -3.55. The number of aryl methyl sites for hydroxylation is 2. The van der Waals surface area contributed by atoms with E-state index in [2.05, 4.69) is 5.32 Å². The number of hydrogen-bond donors (Lipinski definition) is 1. The Morgan fingerprint density at radius 1 is 1.07 bits per heavy atom. The zero-order chi connectivity index (χ0) is 21.4. The normalized spacial score (nSPS) is 10.3. The van der Waals surface area contributed by atoms with Gasteiger partial charge < -0.3 is 10.1 Å². The van der Waals surface area contributed by atoms with E-state index >= 15 is 0 Å². The molecule has 0 unspecified atom stereocenters. The second kappa shape index (κ2) is 10.1. The molecule has 8 heteroatoms. The number of Topliss-reactive ketones (excluding diaryl/α,β-unsaturated/α-hetero) is 1. The lowest BCUT2D eigenvalue weighted by molar-refractivity contribution is -0.385. The lowest BCUT2D eigenvalue weighted by Crippen LogP contribution is -2.21. The lowest BCUT2D eigenvalue weighted by atomic mass is 10.1. The minimum Gasteiger partial charge on any atom is -0.454 e. The summed E-state index contributed by atoms with van der Waals surface area (Å²) in [5, 5.41) is 13.7. The Morgan fingerprint density at radius 3 is 2.34 bits per heavy atom. The Labute approximate surface area is 168 Å². The third kappa shape index (κ3) is 6.53. The van der Waals surface area contributed by atoms with Crippen LogP contribution in [0.1, 0.15) is 45.2 Å². The molecule has 2 aromatic carbocycles. The van der Waals surface area contributed by atoms with Gasteiger partial charge in [-0.2, -0.15) is 0 Å². The number of esters is 1. The van der Waals surface area contributed by atoms with E-state index in [1.165, 1.54) is 19.1 Å². The number of carbonyl (C=O) groups is 3. The summed E-state index contributed by atoms with van der Waals surface area (Å²) in [4.78, 5) is 45.5. The summed E-state index contributed by atoms with van der Waals surface area (Å²) in [5.41, 5.74) is 1.69. The summed E-state index contributed by atoms with van der Waals surface area (Å²) in [6.07, 6.45) is 1.54. The molecule has 2 aromatic rings. The summed E-state index contributed by atoms with van der Waals surface area (Å²) in [5.74, 6) is -1.23. The number of benzene rings is 2. The van der Waals surface area contributed by atoms with Gasteiger partial charge in [0.15, 0.2) is 12.4 Å². The molecule has 1 amide bonds. The van der Waals surface area contributed by atoms with Crippen LogP contribution in [0.3, 0.4) is 0 Å². The van der Waals surface area contributed by atoms with Gasteiger partial charge in [0.1, 0.15) is 0 Å². The molecular weight excluding hydrogens is 376 g/mol. The zero-order valence-corrected chi connectivity index (χ0v) is 16.3. The SMILES string of the molecule is CC(=O)NCCCc1ccc(C(=O)COC(=O)c2ccc(C)c([N+](=O)[O-])c2)cc1. The number of carbonyl (C=O) groups excluding carboxylic acids is 3. The van der Waals surface area contributed by atoms with Crippen molar-refractivity contribution in [2.75, 3.05) is 13.2 Å². The van der Waals surface area contributed by atoms with Crippen molar-refractivity contribution in [2.45, 2.75) is 26.7 Å². The van der Waals surface area contributed by atoms with Gasteiger partial charge in [-0.15, -0.1) is 0 Å². The van der Waals surface area contributed by atoms with Crippen LogP contribution in [0, 0.1) is 17.0 Å². The summed E-state index contributed by atoms with van der Waals surface area (Å²) in [6.45, 7) is 3.17. The molecule has 0 saturated heterocycles. The van der Waals surface area contributed by atoms with Crippen molar-refractivity contribution in [1.82, 2.24) is 5.32 Å². The van der Waals surface area contributed by atoms with Crippen LogP contribution < -0.4 is 5.32 Å². The molecule has 0 spiro atoms. The molecule has 152 valence electrons. The van der Waals surface area contributed by atoms with Crippen molar-refractivity contribution in [3.05, 3.63) is 74.8 Å². The Balaban J connectivity index is 1.88. The molecule has 0 aliphatic heterocycles. The maximum Gasteiger partial charge on any atom is 0.338 e. The van der Waals surface area contributed by atoms with E-state index in [1.54, 1.807) is 19.1 Å². The van der Waals surface area contributed by atoms with Crippen molar-refractivity contribution in [1.29, 1.82) is 0 Å². The van der Waals surface area contributed by atoms with E-state index in [-0.39, 0.29) is 22.9 Å². The fourth-order valence-electron chi connectivity index (χ4n) is 2.65. The number of hydrogen-bond acceptors (Lipinski definition) is 6. The zero-order valence-electron chi connectivity index (χ0n) is 16.3. The van der Waals surface area contributed by atoms with Gasteiger partial charge in [-0.05, 0) is 31.4 Å². The molecule has 0 fully saturated rings. The number of nitro benzene ring substituents is 1. The lowest BCUT2D eigenvalue weighted by Gasteiger charge is -2.07. The molecule has 0 aliphatic carbocycles. The molecular formula is C21H22N2O6. The summed E-state index contributed by atoms with van der Waals surface area (Å²) < 4.78 is 5.00. The van der Waals surface area contributed by atoms with E-state index in [1.807, 2.05) is 12.1 Å². The van der Waals surface area contributed by atoms with Crippen molar-refractivity contribution in [3.8, 4) is 0 Å². The smallest absolute Gasteiger partial charge is 0.338 e. The van der Waals surface area contributed by atoms with E-state index < -0.39 is 17.5 Å². The summed E-state index contributed by atoms with van der Waals surface area (Å²) in [7, 11) is 0. The number of nitrogens with one attached hydrogen (secondary N) is 1. The highest BCUT2D eigenvalue weighted by atomic mass is 16.6. The van der Waals surface area contributed by atoms with Gasteiger partial charge in [0.2, 0.25) is 5.91 Å². The molecule has 2 rings (SSSR count). The molecule has 0 heterocycles. The fourth-order valence-corrected chi connectivity index (χ4v) is 2.65. The van der Waals surface area contributed by atoms with Gasteiger partial charge in [-0.1, -0.05) is 30.3 Å². The topological polar surface area (TPSA) is 116 Å². The van der Waals surface area contributed by atoms with Gasteiger partial charge >= 0.3 is 5.97 Å². The Morgan fingerprint density at radius 2 is 1.72 bits per heavy atom. The largest absolute Gasteiger partial charge is 0.454 e. The van der Waals surface area contributed by atoms with Gasteiger partial charge in [0.25, 0.3) is 5.69 Å². The van der Waals surface area contributed by atoms with Gasteiger partial charge in [-0.3, -0.25) is 19.7 Å². The first-order valence-electron chi connectivity index (χ1n) is 9.06. The number of nitrogens with zero attached hydrogens (tertiary/aromatic N) is 1. The summed E-state index contributed by atoms with van der Waals surface area (Å²) in [6, 6.07) is 10.9. The van der Waals surface area contributed by atoms with E-state index in [0.717, 1.165) is 24.5 Å². The minimum atomic E-state index is -0.795. The number of amides is 1. The molecule has 0 bridgehead atoms. The molecule has 0 aromatic heterocycles. The predicted molar refractivity (Wildman–Crippen MR) is 106 cm³/mol. The number of rotatable bonds is 9. The average molecular weight is 398 g/mol. The van der Waals surface area contributed by atoms with Crippen molar-refractivity contribution >= 4 is 23.3 Å². The van der Waals surface area contributed by atoms with E-state index in [0.29, 0.717) is 17.7 Å². The highest BCUT2D eigenvalue weighted by Crippen LogP contribution is 2.19. The van der Waals surface area contributed by atoms with Crippen LogP contribution in [0.15, 0.2) is 42.5 Å². The van der Waals surface area contributed by atoms with E-state index in [4.69, 9.17) is 4.74 Å². The Bertz CT molecular complexity index is 921. The van der Waals surface area contributed by atoms with Crippen LogP contribution >= 0.6 is 0 Å². The highest BCUT2D eigenvalue weighted by molar-refractivity contribution is 5.99. The highest BCUT2D eigenvalue weighted by Gasteiger charge is 2.17. The van der Waals surface area contributed by atoms with Crippen LogP contribution in [0.5, 0.6) is 0 Å². The third-order valence-corrected chi connectivity index (χ3v) is 4.27. The third-order valence-electron chi connectivity index (χ3n) is 4.27. The average Bonchev–Trinajstić information content (AvgIpc) is 2.69. The van der Waals surface area contributed by atoms with E-state index in [9.17, 15) is 24.5 Å². The van der Waals surface area contributed by atoms with Crippen LogP contribution in [-0.4, -0.2) is 35.7 Å². The van der Waals surface area contributed by atoms with Gasteiger partial charge in [-0.25, -0.2) is 4.79 Å². The molecule has 0 atom stereocenters. The standard InChI is InChI=1S/C21H22N2O6/c1-14-5-8-18(12-19(14)23(27)28)21(26)29-13-20(25)17-9-6-16(7-10-17)4-3-11-22-15(2)24/h5-10,12H,3-4,11,13H2,1-2H3,(H,22,24). The summed E-state index contributed by atoms with van der Waals surface area (Å²) >= 11 is 0. The molecule has 0 saturated carbocycles. The second-order valence-corrected chi connectivity index (χ2v) is 6.54. The predicted octanol–water partition coefficient (Wildman–Crippen LogP) is 3.01. The molecule has 29 heavy (non-hydrogen) atoms. The first-order chi connectivity index (χ1) is 13.8. The second-order valence-electron chi connectivity index (χ2n) is 6.54. The van der Waals surface area contributed by atoms with Crippen molar-refractivity contribution < 1.29 is 24.0 Å². The van der Waals surface area contributed by atoms with Gasteiger partial charge in [0.05, 0.1) is 10.5 Å². The van der Waals surface area contributed by atoms with Crippen LogP contribution in [0.25, 0.3) is 0 Å². The first kappa shape index (κ1) is 21.7. The first-order valence-corrected chi connectivity index (χ1v) is 9.06. The van der Waals surface area contributed by atoms with Crippen molar-refractivity contribution in [3.63, 3.8) is 0 Å². The van der Waals surface area contributed by atoms with Crippen LogP contribution in [-0.2, 0) is 16.0 Å². The van der Waals surface area contributed by atoms with Crippen LogP contribution in [0.2, 0.25) is 0 Å². The quantitative estimate of drug-likeness (QED) is 0.228. The van der Waals surface area contributed by atoms with Crippen LogP contribution in [0.4, 0.5) is 5.69 Å². The molecule has 8 nitrogen and oxygen atoms in total. The van der Waals surface area contributed by atoms with Gasteiger partial charge in [0, 0.05) is 30.7 Å². The Kier molecular flexibility index (Phi) is 7.59.